The van der Waals surface area contributed by atoms with E-state index in [-0.39, 0.29) is 17.6 Å². The number of H-pyrrole nitrogens is 1. The summed E-state index contributed by atoms with van der Waals surface area (Å²) >= 11 is 0. The predicted molar refractivity (Wildman–Crippen MR) is 183 cm³/mol. The highest BCUT2D eigenvalue weighted by Crippen LogP contribution is 2.36. The van der Waals surface area contributed by atoms with Gasteiger partial charge in [0.2, 0.25) is 5.91 Å². The first-order valence-corrected chi connectivity index (χ1v) is 15.9. The molecule has 6 aromatic rings. The Balaban J connectivity index is 0.000000561. The van der Waals surface area contributed by atoms with Gasteiger partial charge in [-0.3, -0.25) is 14.3 Å². The molecule has 0 unspecified atom stereocenters. The first kappa shape index (κ1) is 34.1. The second-order valence-corrected chi connectivity index (χ2v) is 12.1. The molecule has 11 nitrogen and oxygen atoms in total. The zero-order valence-electron chi connectivity index (χ0n) is 27.2. The normalized spacial score (nSPS) is 14.0. The number of carboxylic acid groups (broad SMARTS) is 1. The SMILES string of the molecule is CC(=O)Nc1nn(C)c2nc(-c3ccc(CN4CCC(n5c(=O)[nH]c6ccccc65)CC4)cc3)c(-c3ccccc3)cc12.O=C(O)C(F)(F)F. The fourth-order valence-corrected chi connectivity index (χ4v) is 6.29. The number of aryl methyl sites for hydroxylation is 1. The molecule has 0 atom stereocenters. The summed E-state index contributed by atoms with van der Waals surface area (Å²) in [6, 6.07) is 29.0. The molecule has 1 fully saturated rings. The Hall–Kier alpha value is -5.76. The second-order valence-electron chi connectivity index (χ2n) is 12.1. The number of pyridine rings is 1. The standard InChI is InChI=1S/C34H33N7O2.C2HF3O2/c1-22(42)35-32-28-20-27(24-8-4-3-5-9-24)31(37-33(28)39(2)38-32)25-14-12-23(13-15-25)21-40-18-16-26(17-19-40)41-30-11-7-6-10-29(30)36-34(41)43;3-2(4,5)1(6)7/h3-15,20,26H,16-19,21H2,1-2H3,(H,36,43)(H,35,38,42);(H,6,7). The fourth-order valence-electron chi connectivity index (χ4n) is 6.29. The minimum absolute atomic E-state index is 0.0191. The van der Waals surface area contributed by atoms with Crippen molar-refractivity contribution in [2.24, 2.45) is 7.05 Å². The lowest BCUT2D eigenvalue weighted by molar-refractivity contribution is -0.192. The van der Waals surface area contributed by atoms with Crippen molar-refractivity contribution in [1.29, 1.82) is 0 Å². The van der Waals surface area contributed by atoms with Crippen LogP contribution in [0.1, 0.15) is 31.4 Å². The highest BCUT2D eigenvalue weighted by atomic mass is 19.4. The Labute approximate surface area is 284 Å². The van der Waals surface area contributed by atoms with Gasteiger partial charge in [0, 0.05) is 50.8 Å². The highest BCUT2D eigenvalue weighted by molar-refractivity contribution is 6.01. The molecule has 3 N–H and O–H groups in total. The number of para-hydroxylation sites is 2. The molecule has 1 aliphatic rings. The van der Waals surface area contributed by atoms with Gasteiger partial charge in [-0.1, -0.05) is 66.7 Å². The van der Waals surface area contributed by atoms with Crippen LogP contribution in [0, 0.1) is 0 Å². The van der Waals surface area contributed by atoms with Crippen molar-refractivity contribution in [3.8, 4) is 22.4 Å². The molecule has 0 radical (unpaired) electrons. The molecule has 7 rings (SSSR count). The molecule has 0 saturated carbocycles. The van der Waals surface area contributed by atoms with E-state index in [1.165, 1.54) is 12.5 Å². The third-order valence-electron chi connectivity index (χ3n) is 8.62. The summed E-state index contributed by atoms with van der Waals surface area (Å²) in [5.41, 5.74) is 7.73. The molecule has 1 aliphatic heterocycles. The Morgan fingerprint density at radius 2 is 1.60 bits per heavy atom. The first-order valence-electron chi connectivity index (χ1n) is 15.9. The Morgan fingerprint density at radius 1 is 0.960 bits per heavy atom. The maximum absolute atomic E-state index is 12.7. The number of piperidine rings is 1. The summed E-state index contributed by atoms with van der Waals surface area (Å²) in [7, 11) is 1.84. The highest BCUT2D eigenvalue weighted by Gasteiger charge is 2.38. The Bertz CT molecular complexity index is 2220. The van der Waals surface area contributed by atoms with Gasteiger partial charge in [-0.05, 0) is 42.2 Å². The largest absolute Gasteiger partial charge is 0.490 e. The molecule has 50 heavy (non-hydrogen) atoms. The number of likely N-dealkylation sites (tertiary alicyclic amines) is 1. The number of benzene rings is 3. The van der Waals surface area contributed by atoms with Crippen LogP contribution in [0.25, 0.3) is 44.5 Å². The lowest BCUT2D eigenvalue weighted by Gasteiger charge is -2.32. The number of halogens is 3. The first-order chi connectivity index (χ1) is 23.9. The van der Waals surface area contributed by atoms with Gasteiger partial charge in [-0.2, -0.15) is 18.3 Å². The number of carboxylic acids is 1. The van der Waals surface area contributed by atoms with Crippen molar-refractivity contribution in [2.75, 3.05) is 18.4 Å². The third-order valence-corrected chi connectivity index (χ3v) is 8.62. The number of anilines is 1. The number of imidazole rings is 1. The number of amides is 1. The maximum atomic E-state index is 12.7. The number of aromatic nitrogens is 5. The number of hydrogen-bond donors (Lipinski definition) is 3. The van der Waals surface area contributed by atoms with E-state index in [9.17, 15) is 22.8 Å². The topological polar surface area (TPSA) is 138 Å². The van der Waals surface area contributed by atoms with E-state index in [1.54, 1.807) is 4.68 Å². The minimum Gasteiger partial charge on any atom is -0.475 e. The maximum Gasteiger partial charge on any atom is 0.490 e. The summed E-state index contributed by atoms with van der Waals surface area (Å²) in [6.45, 7) is 4.21. The van der Waals surface area contributed by atoms with Crippen LogP contribution in [0.5, 0.6) is 0 Å². The van der Waals surface area contributed by atoms with Crippen LogP contribution < -0.4 is 11.0 Å². The van der Waals surface area contributed by atoms with Gasteiger partial charge in [0.1, 0.15) is 0 Å². The summed E-state index contributed by atoms with van der Waals surface area (Å²) in [4.78, 5) is 43.9. The summed E-state index contributed by atoms with van der Waals surface area (Å²) in [5, 5.41) is 15.3. The van der Waals surface area contributed by atoms with Gasteiger partial charge in [-0.15, -0.1) is 0 Å². The Morgan fingerprint density at radius 3 is 2.24 bits per heavy atom. The number of aliphatic carboxylic acids is 1. The molecule has 1 amide bonds. The van der Waals surface area contributed by atoms with Crippen LogP contribution >= 0.6 is 0 Å². The van der Waals surface area contributed by atoms with Crippen LogP contribution in [-0.2, 0) is 23.2 Å². The lowest BCUT2D eigenvalue weighted by Crippen LogP contribution is -2.36. The van der Waals surface area contributed by atoms with E-state index in [4.69, 9.17) is 14.9 Å². The van der Waals surface area contributed by atoms with E-state index in [1.807, 2.05) is 54.1 Å². The summed E-state index contributed by atoms with van der Waals surface area (Å²) < 4.78 is 35.4. The number of nitrogens with one attached hydrogen (secondary N) is 2. The van der Waals surface area contributed by atoms with Crippen molar-refractivity contribution in [3.05, 3.63) is 101 Å². The van der Waals surface area contributed by atoms with E-state index < -0.39 is 12.1 Å². The van der Waals surface area contributed by atoms with Crippen LogP contribution in [0.4, 0.5) is 19.0 Å². The fraction of sp³-hybridized carbons (Fsp3) is 0.250. The number of hydrogen-bond acceptors (Lipinski definition) is 6. The molecule has 1 saturated heterocycles. The number of alkyl halides is 3. The van der Waals surface area contributed by atoms with Crippen molar-refractivity contribution in [1.82, 2.24) is 29.2 Å². The van der Waals surface area contributed by atoms with Crippen molar-refractivity contribution in [3.63, 3.8) is 0 Å². The van der Waals surface area contributed by atoms with E-state index >= 15 is 0 Å². The van der Waals surface area contributed by atoms with Crippen molar-refractivity contribution >= 4 is 39.8 Å². The number of aromatic amines is 1. The molecule has 3 aromatic heterocycles. The molecular weight excluding hydrogens is 651 g/mol. The van der Waals surface area contributed by atoms with Gasteiger partial charge in [0.15, 0.2) is 11.5 Å². The van der Waals surface area contributed by atoms with Gasteiger partial charge in [0.25, 0.3) is 0 Å². The van der Waals surface area contributed by atoms with Crippen molar-refractivity contribution in [2.45, 2.75) is 38.5 Å². The van der Waals surface area contributed by atoms with Gasteiger partial charge in [-0.25, -0.2) is 19.3 Å². The van der Waals surface area contributed by atoms with Crippen LogP contribution in [0.2, 0.25) is 0 Å². The lowest BCUT2D eigenvalue weighted by atomic mass is 9.97. The molecule has 4 heterocycles. The van der Waals surface area contributed by atoms with E-state index in [2.05, 4.69) is 62.8 Å². The van der Waals surface area contributed by atoms with Gasteiger partial charge >= 0.3 is 17.8 Å². The molecule has 14 heteroatoms. The molecule has 3 aromatic carbocycles. The van der Waals surface area contributed by atoms with Crippen LogP contribution in [-0.4, -0.2) is 65.5 Å². The van der Waals surface area contributed by atoms with E-state index in [0.717, 1.165) is 71.3 Å². The number of carbonyl (C=O) groups excluding carboxylic acids is 1. The number of carbonyl (C=O) groups is 2. The van der Waals surface area contributed by atoms with Crippen molar-refractivity contribution < 1.29 is 27.9 Å². The quantitative estimate of drug-likeness (QED) is 0.185. The molecular formula is C36H34F3N7O4. The van der Waals surface area contributed by atoms with Crippen LogP contribution in [0.3, 0.4) is 0 Å². The number of fused-ring (bicyclic) bond motifs is 2. The minimum atomic E-state index is -5.08. The third kappa shape index (κ3) is 7.29. The molecule has 0 spiro atoms. The zero-order chi connectivity index (χ0) is 35.6. The predicted octanol–water partition coefficient (Wildman–Crippen LogP) is 6.37. The number of nitrogens with zero attached hydrogens (tertiary/aromatic N) is 5. The van der Waals surface area contributed by atoms with E-state index in [0.29, 0.717) is 11.5 Å². The second kappa shape index (κ2) is 14.0. The number of rotatable bonds is 6. The summed E-state index contributed by atoms with van der Waals surface area (Å²) in [6.07, 6.45) is -3.20. The average molecular weight is 686 g/mol. The molecule has 0 bridgehead atoms. The van der Waals surface area contributed by atoms with Crippen LogP contribution in [0.15, 0.2) is 89.7 Å². The molecule has 0 aliphatic carbocycles. The average Bonchev–Trinajstić information content (AvgIpc) is 3.59. The monoisotopic (exact) mass is 685 g/mol. The van der Waals surface area contributed by atoms with Gasteiger partial charge in [0.05, 0.1) is 22.1 Å². The smallest absolute Gasteiger partial charge is 0.475 e. The summed E-state index contributed by atoms with van der Waals surface area (Å²) in [5.74, 6) is -2.42. The molecule has 258 valence electrons. The Kier molecular flexibility index (Phi) is 9.55. The van der Waals surface area contributed by atoms with Gasteiger partial charge < -0.3 is 15.4 Å². The zero-order valence-corrected chi connectivity index (χ0v) is 27.2.